The predicted octanol–water partition coefficient (Wildman–Crippen LogP) is 4.02. The van der Waals surface area contributed by atoms with Crippen LogP contribution in [-0.4, -0.2) is 36.1 Å². The molecule has 0 aromatic heterocycles. The third-order valence-electron chi connectivity index (χ3n) is 5.76. The van der Waals surface area contributed by atoms with Crippen LogP contribution in [0.4, 0.5) is 0 Å². The number of aliphatic hydroxyl groups excluding tert-OH is 2. The maximum Gasteiger partial charge on any atom is 0.108 e. The van der Waals surface area contributed by atoms with Crippen molar-refractivity contribution in [2.75, 3.05) is 13.7 Å². The minimum absolute atomic E-state index is 0.211. The minimum atomic E-state index is -0.551. The molecular formula is C21H34O3. The number of allylic oxidation sites excluding steroid dienone is 4. The molecule has 0 fully saturated rings. The first kappa shape index (κ1) is 19.4. The van der Waals surface area contributed by atoms with Gasteiger partial charge in [0.1, 0.15) is 12.2 Å². The van der Waals surface area contributed by atoms with E-state index in [9.17, 15) is 10.2 Å². The number of methoxy groups -OCH3 is 1. The summed E-state index contributed by atoms with van der Waals surface area (Å²) in [5, 5.41) is 20.8. The highest BCUT2D eigenvalue weighted by atomic mass is 16.5. The lowest BCUT2D eigenvalue weighted by Crippen LogP contribution is -2.40. The van der Waals surface area contributed by atoms with Crippen LogP contribution in [0.1, 0.15) is 53.4 Å². The van der Waals surface area contributed by atoms with Crippen LogP contribution in [0.5, 0.6) is 0 Å². The van der Waals surface area contributed by atoms with Crippen LogP contribution in [-0.2, 0) is 4.74 Å². The van der Waals surface area contributed by atoms with Gasteiger partial charge in [-0.05, 0) is 80.9 Å². The summed E-state index contributed by atoms with van der Waals surface area (Å²) in [7, 11) is 1.66. The van der Waals surface area contributed by atoms with Crippen molar-refractivity contribution in [2.45, 2.75) is 65.6 Å². The van der Waals surface area contributed by atoms with E-state index in [4.69, 9.17) is 4.74 Å². The van der Waals surface area contributed by atoms with Gasteiger partial charge in [0, 0.05) is 13.7 Å². The normalized spacial score (nSPS) is 31.4. The summed E-state index contributed by atoms with van der Waals surface area (Å²) in [5.41, 5.74) is 4.83. The Morgan fingerprint density at radius 2 is 2.08 bits per heavy atom. The third-order valence-corrected chi connectivity index (χ3v) is 5.76. The van der Waals surface area contributed by atoms with Gasteiger partial charge in [-0.1, -0.05) is 24.6 Å². The average molecular weight is 335 g/mol. The van der Waals surface area contributed by atoms with Crippen LogP contribution >= 0.6 is 0 Å². The number of aliphatic hydroxyl groups is 2. The molecule has 0 amide bonds. The molecule has 2 rings (SSSR count). The first-order valence-corrected chi connectivity index (χ1v) is 9.27. The highest BCUT2D eigenvalue weighted by Crippen LogP contribution is 2.45. The summed E-state index contributed by atoms with van der Waals surface area (Å²) in [5.74, 6) is 0.980. The maximum absolute atomic E-state index is 10.8. The number of ether oxygens (including phenoxy) is 1. The molecule has 0 aliphatic heterocycles. The first-order valence-electron chi connectivity index (χ1n) is 9.27. The Kier molecular flexibility index (Phi) is 6.85. The lowest BCUT2D eigenvalue weighted by molar-refractivity contribution is 0.0188. The lowest BCUT2D eigenvalue weighted by Gasteiger charge is -2.42. The topological polar surface area (TPSA) is 49.7 Å². The van der Waals surface area contributed by atoms with Crippen LogP contribution in [0.25, 0.3) is 0 Å². The molecular weight excluding hydrogens is 300 g/mol. The van der Waals surface area contributed by atoms with Crippen molar-refractivity contribution in [3.63, 3.8) is 0 Å². The molecule has 0 aromatic rings. The molecule has 24 heavy (non-hydrogen) atoms. The van der Waals surface area contributed by atoms with E-state index in [1.807, 2.05) is 6.92 Å². The average Bonchev–Trinajstić information content (AvgIpc) is 2.52. The van der Waals surface area contributed by atoms with Gasteiger partial charge < -0.3 is 14.9 Å². The fourth-order valence-electron chi connectivity index (χ4n) is 4.44. The van der Waals surface area contributed by atoms with E-state index in [0.717, 1.165) is 36.8 Å². The fraction of sp³-hybridized carbons (Fsp3) is 0.714. The minimum Gasteiger partial charge on any atom is -0.396 e. The van der Waals surface area contributed by atoms with E-state index in [2.05, 4.69) is 32.9 Å². The quantitative estimate of drug-likeness (QED) is 0.721. The molecule has 0 saturated carbocycles. The molecule has 3 unspecified atom stereocenters. The van der Waals surface area contributed by atoms with Crippen LogP contribution in [0, 0.1) is 17.8 Å². The molecule has 2 aliphatic rings. The first-order chi connectivity index (χ1) is 11.4. The van der Waals surface area contributed by atoms with Crippen molar-refractivity contribution < 1.29 is 14.9 Å². The molecule has 0 heterocycles. The Balaban J connectivity index is 2.29. The van der Waals surface area contributed by atoms with Gasteiger partial charge in [-0.15, -0.1) is 0 Å². The van der Waals surface area contributed by atoms with Gasteiger partial charge in [-0.3, -0.25) is 0 Å². The molecule has 2 aliphatic carbocycles. The zero-order valence-electron chi connectivity index (χ0n) is 15.9. The Morgan fingerprint density at radius 1 is 1.38 bits per heavy atom. The Morgan fingerprint density at radius 3 is 2.67 bits per heavy atom. The van der Waals surface area contributed by atoms with Gasteiger partial charge in [-0.2, -0.15) is 0 Å². The van der Waals surface area contributed by atoms with Crippen molar-refractivity contribution in [3.8, 4) is 0 Å². The van der Waals surface area contributed by atoms with Crippen molar-refractivity contribution >= 4 is 0 Å². The van der Waals surface area contributed by atoms with E-state index >= 15 is 0 Å². The zero-order chi connectivity index (χ0) is 17.9. The summed E-state index contributed by atoms with van der Waals surface area (Å²) in [4.78, 5) is 0. The molecule has 3 nitrogen and oxygen atoms in total. The standard InChI is InChI=1S/C21H34O3/c1-13(2)7-6-8-16(12-22)17-10-9-14(3)19-18(17)11-15(4)21(24-5)20(19)23/h7,11,14,16-17,20-23H,6,8-10,12H2,1-5H3/t14-,16-,17?,20?,21?/m1/s1. The number of rotatable bonds is 6. The number of hydrogen-bond acceptors (Lipinski definition) is 3. The molecule has 0 spiro atoms. The molecule has 5 atom stereocenters. The molecule has 0 aromatic carbocycles. The van der Waals surface area contributed by atoms with Crippen molar-refractivity contribution in [1.29, 1.82) is 0 Å². The van der Waals surface area contributed by atoms with Crippen molar-refractivity contribution in [2.24, 2.45) is 17.8 Å². The second kappa shape index (κ2) is 8.46. The van der Waals surface area contributed by atoms with Crippen molar-refractivity contribution in [1.82, 2.24) is 0 Å². The smallest absolute Gasteiger partial charge is 0.108 e. The molecule has 0 radical (unpaired) electrons. The summed E-state index contributed by atoms with van der Waals surface area (Å²) in [6.07, 6.45) is 7.86. The van der Waals surface area contributed by atoms with Crippen molar-refractivity contribution in [3.05, 3.63) is 34.4 Å². The summed E-state index contributed by atoms with van der Waals surface area (Å²) in [6, 6.07) is 0. The maximum atomic E-state index is 10.8. The van der Waals surface area contributed by atoms with Gasteiger partial charge in [0.05, 0.1) is 0 Å². The molecule has 136 valence electrons. The summed E-state index contributed by atoms with van der Waals surface area (Å²) < 4.78 is 5.52. The largest absolute Gasteiger partial charge is 0.396 e. The van der Waals surface area contributed by atoms with Crippen LogP contribution in [0.3, 0.4) is 0 Å². The second-order valence-electron chi connectivity index (χ2n) is 7.79. The van der Waals surface area contributed by atoms with Crippen LogP contribution in [0.15, 0.2) is 34.4 Å². The van der Waals surface area contributed by atoms with Crippen LogP contribution < -0.4 is 0 Å². The van der Waals surface area contributed by atoms with E-state index in [1.165, 1.54) is 11.1 Å². The monoisotopic (exact) mass is 334 g/mol. The van der Waals surface area contributed by atoms with Crippen LogP contribution in [0.2, 0.25) is 0 Å². The lowest BCUT2D eigenvalue weighted by atomic mass is 9.66. The van der Waals surface area contributed by atoms with E-state index < -0.39 is 6.10 Å². The predicted molar refractivity (Wildman–Crippen MR) is 98.7 cm³/mol. The number of hydrogen-bond donors (Lipinski definition) is 2. The second-order valence-corrected chi connectivity index (χ2v) is 7.79. The van der Waals surface area contributed by atoms with Gasteiger partial charge in [0.2, 0.25) is 0 Å². The summed E-state index contributed by atoms with van der Waals surface area (Å²) >= 11 is 0. The van der Waals surface area contributed by atoms with Gasteiger partial charge >= 0.3 is 0 Å². The molecule has 2 N–H and O–H groups in total. The van der Waals surface area contributed by atoms with Gasteiger partial charge in [0.25, 0.3) is 0 Å². The van der Waals surface area contributed by atoms with E-state index in [-0.39, 0.29) is 18.6 Å². The molecule has 3 heteroatoms. The van der Waals surface area contributed by atoms with E-state index in [0.29, 0.717) is 11.8 Å². The van der Waals surface area contributed by atoms with Gasteiger partial charge in [0.15, 0.2) is 0 Å². The fourth-order valence-corrected chi connectivity index (χ4v) is 4.44. The highest BCUT2D eigenvalue weighted by molar-refractivity contribution is 5.43. The SMILES string of the molecule is COC1C(C)=CC2=C(C1O)[C@H](C)CCC2[C@@H](CO)CCC=C(C)C. The molecule has 0 saturated heterocycles. The highest BCUT2D eigenvalue weighted by Gasteiger charge is 2.39. The Labute approximate surface area is 147 Å². The van der Waals surface area contributed by atoms with E-state index in [1.54, 1.807) is 7.11 Å². The molecule has 0 bridgehead atoms. The third kappa shape index (κ3) is 4.01. The summed E-state index contributed by atoms with van der Waals surface area (Å²) in [6.45, 7) is 8.68. The Bertz CT molecular complexity index is 525. The zero-order valence-corrected chi connectivity index (χ0v) is 15.9. The van der Waals surface area contributed by atoms with Gasteiger partial charge in [-0.25, -0.2) is 0 Å². The Hall–Kier alpha value is -0.900.